The van der Waals surface area contributed by atoms with E-state index in [0.29, 0.717) is 11.7 Å². The maximum atomic E-state index is 13.2. The molecule has 3 aliphatic rings. The summed E-state index contributed by atoms with van der Waals surface area (Å²) in [6.07, 6.45) is 10.8. The Kier molecular flexibility index (Phi) is 8.39. The van der Waals surface area contributed by atoms with Crippen molar-refractivity contribution < 1.29 is 9.90 Å². The van der Waals surface area contributed by atoms with E-state index in [4.69, 9.17) is 4.98 Å². The smallest absolute Gasteiger partial charge is 0.272 e. The van der Waals surface area contributed by atoms with Crippen LogP contribution in [0.5, 0.6) is 0 Å². The second kappa shape index (κ2) is 11.9. The lowest BCUT2D eigenvalue weighted by Crippen LogP contribution is -2.47. The van der Waals surface area contributed by atoms with E-state index >= 15 is 0 Å². The van der Waals surface area contributed by atoms with Crippen LogP contribution in [-0.2, 0) is 7.05 Å². The number of fused-ring (bicyclic) bond motifs is 1. The van der Waals surface area contributed by atoms with E-state index < -0.39 is 0 Å². The first-order valence-electron chi connectivity index (χ1n) is 14.1. The quantitative estimate of drug-likeness (QED) is 0.540. The zero-order chi connectivity index (χ0) is 24.9. The number of piperidine rings is 1. The van der Waals surface area contributed by atoms with Crippen LogP contribution in [0.4, 0.5) is 5.82 Å². The first kappa shape index (κ1) is 25.4. The molecule has 2 aromatic rings. The number of aryl methyl sites for hydroxylation is 1. The number of amides is 1. The van der Waals surface area contributed by atoms with Gasteiger partial charge in [0, 0.05) is 58.4 Å². The van der Waals surface area contributed by atoms with Crippen molar-refractivity contribution in [1.82, 2.24) is 30.3 Å². The van der Waals surface area contributed by atoms with Gasteiger partial charge in [-0.3, -0.25) is 4.79 Å². The van der Waals surface area contributed by atoms with E-state index in [1.54, 1.807) is 4.68 Å². The molecule has 1 saturated carbocycles. The highest BCUT2D eigenvalue weighted by Gasteiger charge is 2.25. The number of anilines is 1. The summed E-state index contributed by atoms with van der Waals surface area (Å²) in [5.74, 6) is 0.895. The van der Waals surface area contributed by atoms with Crippen LogP contribution >= 0.6 is 0 Å². The fourth-order valence-electron chi connectivity index (χ4n) is 6.03. The number of pyridine rings is 1. The van der Waals surface area contributed by atoms with Gasteiger partial charge >= 0.3 is 0 Å². The molecule has 1 aliphatic carbocycles. The summed E-state index contributed by atoms with van der Waals surface area (Å²) < 4.78 is 1.74. The van der Waals surface area contributed by atoms with E-state index in [9.17, 15) is 9.90 Å². The molecular formula is C27H43N7O2. The molecular weight excluding hydrogens is 454 g/mol. The lowest BCUT2D eigenvalue weighted by molar-refractivity contribution is 0.0906. The lowest BCUT2D eigenvalue weighted by Gasteiger charge is -2.33. The standard InChI is InChI=1S/C27H43N7O2/c1-32-26-23(10-11-24(30-26)34-15-4-2-3-5-16-34)25(31-32)27(36)29-21-12-17-33(18-13-21)19-14-28-20-6-8-22(35)9-7-20/h10-11,20-22,28,35H,2-9,12-19H2,1H3,(H,29,36). The molecule has 5 rings (SSSR count). The molecule has 198 valence electrons. The zero-order valence-electron chi connectivity index (χ0n) is 21.8. The Balaban J connectivity index is 1.11. The fraction of sp³-hybridized carbons (Fsp3) is 0.741. The molecule has 0 atom stereocenters. The number of carbonyl (C=O) groups is 1. The van der Waals surface area contributed by atoms with E-state index in [1.807, 2.05) is 19.2 Å². The number of rotatable bonds is 7. The molecule has 4 heterocycles. The number of aliphatic hydroxyl groups excluding tert-OH is 1. The van der Waals surface area contributed by atoms with Crippen LogP contribution in [0.2, 0.25) is 0 Å². The Morgan fingerprint density at radius 1 is 0.972 bits per heavy atom. The lowest BCUT2D eigenvalue weighted by atomic mass is 9.93. The van der Waals surface area contributed by atoms with Gasteiger partial charge in [0.2, 0.25) is 0 Å². The SMILES string of the molecule is Cn1nc(C(=O)NC2CCN(CCNC3CCC(O)CC3)CC2)c2ccc(N3CCCCCC3)nc21. The van der Waals surface area contributed by atoms with Gasteiger partial charge in [-0.25, -0.2) is 9.67 Å². The van der Waals surface area contributed by atoms with Gasteiger partial charge in [-0.05, 0) is 63.5 Å². The Morgan fingerprint density at radius 3 is 2.42 bits per heavy atom. The molecule has 0 aromatic carbocycles. The van der Waals surface area contributed by atoms with Crippen LogP contribution < -0.4 is 15.5 Å². The summed E-state index contributed by atoms with van der Waals surface area (Å²) in [6, 6.07) is 4.80. The van der Waals surface area contributed by atoms with Crippen LogP contribution in [0, 0.1) is 0 Å². The molecule has 2 aliphatic heterocycles. The third kappa shape index (κ3) is 6.18. The van der Waals surface area contributed by atoms with Crippen LogP contribution in [-0.4, -0.2) is 88.1 Å². The molecule has 0 radical (unpaired) electrons. The van der Waals surface area contributed by atoms with Crippen molar-refractivity contribution >= 4 is 22.8 Å². The minimum atomic E-state index is -0.0979. The number of nitrogens with zero attached hydrogens (tertiary/aromatic N) is 5. The summed E-state index contributed by atoms with van der Waals surface area (Å²) in [6.45, 7) is 6.12. The molecule has 3 fully saturated rings. The minimum Gasteiger partial charge on any atom is -0.393 e. The largest absolute Gasteiger partial charge is 0.393 e. The molecule has 36 heavy (non-hydrogen) atoms. The number of likely N-dealkylation sites (tertiary alicyclic amines) is 1. The van der Waals surface area contributed by atoms with Crippen LogP contribution in [0.15, 0.2) is 12.1 Å². The number of nitrogens with one attached hydrogen (secondary N) is 2. The van der Waals surface area contributed by atoms with Gasteiger partial charge in [-0.2, -0.15) is 5.10 Å². The maximum Gasteiger partial charge on any atom is 0.272 e. The van der Waals surface area contributed by atoms with Gasteiger partial charge < -0.3 is 25.5 Å². The monoisotopic (exact) mass is 497 g/mol. The Hall–Kier alpha value is -2.23. The minimum absolute atomic E-state index is 0.0930. The number of hydrogen-bond acceptors (Lipinski definition) is 7. The van der Waals surface area contributed by atoms with Crippen molar-refractivity contribution in [2.24, 2.45) is 7.05 Å². The van der Waals surface area contributed by atoms with Crippen molar-refractivity contribution in [2.75, 3.05) is 44.2 Å². The van der Waals surface area contributed by atoms with Gasteiger partial charge in [0.15, 0.2) is 11.3 Å². The van der Waals surface area contributed by atoms with Gasteiger partial charge in [-0.15, -0.1) is 0 Å². The van der Waals surface area contributed by atoms with Crippen molar-refractivity contribution in [3.63, 3.8) is 0 Å². The average Bonchev–Trinajstić information content (AvgIpc) is 3.05. The molecule has 1 amide bonds. The van der Waals surface area contributed by atoms with Crippen molar-refractivity contribution in [2.45, 2.75) is 82.4 Å². The number of aliphatic hydroxyl groups is 1. The molecule has 2 aromatic heterocycles. The zero-order valence-corrected chi connectivity index (χ0v) is 21.8. The van der Waals surface area contributed by atoms with Crippen LogP contribution in [0.3, 0.4) is 0 Å². The summed E-state index contributed by atoms with van der Waals surface area (Å²) in [4.78, 5) is 22.9. The van der Waals surface area contributed by atoms with E-state index in [2.05, 4.69) is 25.5 Å². The van der Waals surface area contributed by atoms with Gasteiger partial charge in [-0.1, -0.05) is 12.8 Å². The summed E-state index contributed by atoms with van der Waals surface area (Å²) in [5.41, 5.74) is 1.25. The Morgan fingerprint density at radius 2 is 1.69 bits per heavy atom. The van der Waals surface area contributed by atoms with Gasteiger partial charge in [0.25, 0.3) is 5.91 Å². The second-order valence-electron chi connectivity index (χ2n) is 11.0. The Labute approximate surface area is 214 Å². The predicted octanol–water partition coefficient (Wildman–Crippen LogP) is 2.44. The number of carbonyl (C=O) groups excluding carboxylic acids is 1. The summed E-state index contributed by atoms with van der Waals surface area (Å²) in [5, 5.41) is 21.9. The highest BCUT2D eigenvalue weighted by molar-refractivity contribution is 6.04. The first-order valence-corrected chi connectivity index (χ1v) is 14.1. The third-order valence-electron chi connectivity index (χ3n) is 8.30. The number of aromatic nitrogens is 3. The second-order valence-corrected chi connectivity index (χ2v) is 11.0. The maximum absolute atomic E-state index is 13.2. The molecule has 2 saturated heterocycles. The normalized spacial score (nSPS) is 24.7. The van der Waals surface area contributed by atoms with E-state index in [-0.39, 0.29) is 18.1 Å². The molecule has 9 heteroatoms. The van der Waals surface area contributed by atoms with Crippen LogP contribution in [0.25, 0.3) is 11.0 Å². The topological polar surface area (TPSA) is 98.5 Å². The molecule has 9 nitrogen and oxygen atoms in total. The first-order chi connectivity index (χ1) is 17.6. The highest BCUT2D eigenvalue weighted by Crippen LogP contribution is 2.24. The molecule has 0 bridgehead atoms. The van der Waals surface area contributed by atoms with E-state index in [1.165, 1.54) is 25.7 Å². The number of hydrogen-bond donors (Lipinski definition) is 3. The molecule has 0 spiro atoms. The molecule has 3 N–H and O–H groups in total. The predicted molar refractivity (Wildman–Crippen MR) is 142 cm³/mol. The highest BCUT2D eigenvalue weighted by atomic mass is 16.3. The average molecular weight is 498 g/mol. The summed E-state index contributed by atoms with van der Waals surface area (Å²) in [7, 11) is 1.88. The van der Waals surface area contributed by atoms with E-state index in [0.717, 1.165) is 94.6 Å². The van der Waals surface area contributed by atoms with Crippen molar-refractivity contribution in [3.05, 3.63) is 17.8 Å². The van der Waals surface area contributed by atoms with Crippen molar-refractivity contribution in [1.29, 1.82) is 0 Å². The van der Waals surface area contributed by atoms with Gasteiger partial charge in [0.1, 0.15) is 5.82 Å². The fourth-order valence-corrected chi connectivity index (χ4v) is 6.03. The summed E-state index contributed by atoms with van der Waals surface area (Å²) >= 11 is 0. The van der Waals surface area contributed by atoms with Crippen LogP contribution in [0.1, 0.15) is 74.7 Å². The third-order valence-corrected chi connectivity index (χ3v) is 8.30. The Bertz CT molecular complexity index is 1000. The molecule has 0 unspecified atom stereocenters. The van der Waals surface area contributed by atoms with Gasteiger partial charge in [0.05, 0.1) is 11.5 Å². The van der Waals surface area contributed by atoms with Crippen molar-refractivity contribution in [3.8, 4) is 0 Å².